The molecule has 6 heteroatoms. The highest BCUT2D eigenvalue weighted by atomic mass is 19.1. The highest BCUT2D eigenvalue weighted by Gasteiger charge is 2.16. The lowest BCUT2D eigenvalue weighted by atomic mass is 10.1. The summed E-state index contributed by atoms with van der Waals surface area (Å²) in [6.45, 7) is 1.59. The van der Waals surface area contributed by atoms with E-state index in [0.29, 0.717) is 11.1 Å². The molecule has 0 saturated heterocycles. The first-order valence-electron chi connectivity index (χ1n) is 6.27. The summed E-state index contributed by atoms with van der Waals surface area (Å²) in [5.74, 6) is -0.264. The minimum Gasteiger partial charge on any atom is -0.482 e. The number of hydrogen-bond acceptors (Lipinski definition) is 4. The van der Waals surface area contributed by atoms with Crippen molar-refractivity contribution in [1.82, 2.24) is 0 Å². The van der Waals surface area contributed by atoms with Gasteiger partial charge in [0.2, 0.25) is 0 Å². The maximum Gasteiger partial charge on any atom is 0.310 e. The van der Waals surface area contributed by atoms with E-state index in [9.17, 15) is 14.5 Å². The molecule has 0 spiro atoms. The molecule has 2 rings (SSSR count). The summed E-state index contributed by atoms with van der Waals surface area (Å²) in [5.41, 5.74) is 1.79. The standard InChI is InChI=1S/C15H14FNO4/c1-10-6-13(16)4-3-12(10)9-21-15-7-11(8-18)2-5-14(15)17(19)20/h2-7,18H,8-9H2,1H3. The van der Waals surface area contributed by atoms with E-state index in [4.69, 9.17) is 9.84 Å². The Morgan fingerprint density at radius 3 is 2.67 bits per heavy atom. The van der Waals surface area contributed by atoms with E-state index >= 15 is 0 Å². The third kappa shape index (κ3) is 3.55. The molecular formula is C15H14FNO4. The zero-order valence-corrected chi connectivity index (χ0v) is 11.4. The van der Waals surface area contributed by atoms with E-state index in [0.717, 1.165) is 5.56 Å². The van der Waals surface area contributed by atoms with Crippen molar-refractivity contribution in [2.75, 3.05) is 0 Å². The molecule has 0 aliphatic carbocycles. The van der Waals surface area contributed by atoms with Gasteiger partial charge in [0, 0.05) is 6.07 Å². The largest absolute Gasteiger partial charge is 0.482 e. The lowest BCUT2D eigenvalue weighted by Crippen LogP contribution is -2.02. The molecule has 0 saturated carbocycles. The van der Waals surface area contributed by atoms with Crippen LogP contribution in [0.4, 0.5) is 10.1 Å². The molecule has 0 aromatic heterocycles. The molecular weight excluding hydrogens is 277 g/mol. The SMILES string of the molecule is Cc1cc(F)ccc1COc1cc(CO)ccc1[N+](=O)[O-]. The quantitative estimate of drug-likeness (QED) is 0.678. The highest BCUT2D eigenvalue weighted by molar-refractivity contribution is 5.48. The molecule has 1 N–H and O–H groups in total. The van der Waals surface area contributed by atoms with Crippen LogP contribution >= 0.6 is 0 Å². The molecule has 110 valence electrons. The van der Waals surface area contributed by atoms with Gasteiger partial charge in [-0.15, -0.1) is 0 Å². The van der Waals surface area contributed by atoms with Crippen LogP contribution in [0.3, 0.4) is 0 Å². The number of benzene rings is 2. The topological polar surface area (TPSA) is 72.6 Å². The van der Waals surface area contributed by atoms with Gasteiger partial charge in [-0.25, -0.2) is 4.39 Å². The monoisotopic (exact) mass is 291 g/mol. The number of ether oxygens (including phenoxy) is 1. The van der Waals surface area contributed by atoms with Crippen LogP contribution in [0.15, 0.2) is 36.4 Å². The van der Waals surface area contributed by atoms with Crippen molar-refractivity contribution in [1.29, 1.82) is 0 Å². The van der Waals surface area contributed by atoms with Gasteiger partial charge in [-0.3, -0.25) is 10.1 Å². The molecule has 0 aliphatic rings. The molecule has 0 amide bonds. The van der Waals surface area contributed by atoms with Crippen molar-refractivity contribution in [3.8, 4) is 5.75 Å². The number of nitro groups is 1. The third-order valence-corrected chi connectivity index (χ3v) is 3.09. The van der Waals surface area contributed by atoms with Gasteiger partial charge in [0.15, 0.2) is 5.75 Å². The average Bonchev–Trinajstić information content (AvgIpc) is 2.45. The summed E-state index contributed by atoms with van der Waals surface area (Å²) in [6.07, 6.45) is 0. The molecule has 5 nitrogen and oxygen atoms in total. The second kappa shape index (κ2) is 6.32. The average molecular weight is 291 g/mol. The summed E-state index contributed by atoms with van der Waals surface area (Å²) in [6, 6.07) is 8.44. The van der Waals surface area contributed by atoms with Gasteiger partial charge in [0.25, 0.3) is 0 Å². The van der Waals surface area contributed by atoms with Gasteiger partial charge >= 0.3 is 5.69 Å². The van der Waals surface area contributed by atoms with Crippen LogP contribution in [-0.2, 0) is 13.2 Å². The van der Waals surface area contributed by atoms with E-state index in [1.807, 2.05) is 0 Å². The second-order valence-corrected chi connectivity index (χ2v) is 4.58. The normalized spacial score (nSPS) is 10.4. The summed E-state index contributed by atoms with van der Waals surface area (Å²) in [5, 5.41) is 20.0. The number of aliphatic hydroxyl groups is 1. The van der Waals surface area contributed by atoms with Gasteiger partial charge in [-0.1, -0.05) is 6.07 Å². The molecule has 2 aromatic rings. The first kappa shape index (κ1) is 14.9. The summed E-state index contributed by atoms with van der Waals surface area (Å²) in [7, 11) is 0. The Morgan fingerprint density at radius 2 is 2.05 bits per heavy atom. The fourth-order valence-corrected chi connectivity index (χ4v) is 1.90. The minimum atomic E-state index is -0.548. The van der Waals surface area contributed by atoms with Crippen LogP contribution in [0.25, 0.3) is 0 Å². The van der Waals surface area contributed by atoms with Gasteiger partial charge in [0.1, 0.15) is 12.4 Å². The van der Waals surface area contributed by atoms with Gasteiger partial charge < -0.3 is 9.84 Å². The van der Waals surface area contributed by atoms with Crippen molar-refractivity contribution in [3.63, 3.8) is 0 Å². The second-order valence-electron chi connectivity index (χ2n) is 4.58. The maximum atomic E-state index is 13.0. The molecule has 0 radical (unpaired) electrons. The van der Waals surface area contributed by atoms with Crippen molar-refractivity contribution in [2.24, 2.45) is 0 Å². The van der Waals surface area contributed by atoms with Crippen LogP contribution in [0, 0.1) is 22.9 Å². The van der Waals surface area contributed by atoms with E-state index in [2.05, 4.69) is 0 Å². The first-order valence-corrected chi connectivity index (χ1v) is 6.27. The molecule has 0 aliphatic heterocycles. The Kier molecular flexibility index (Phi) is 4.49. The Morgan fingerprint density at radius 1 is 1.29 bits per heavy atom. The molecule has 2 aromatic carbocycles. The Balaban J connectivity index is 2.24. The fourth-order valence-electron chi connectivity index (χ4n) is 1.90. The molecule has 0 fully saturated rings. The predicted molar refractivity (Wildman–Crippen MR) is 74.5 cm³/mol. The van der Waals surface area contributed by atoms with Gasteiger partial charge in [-0.05, 0) is 47.9 Å². The zero-order chi connectivity index (χ0) is 15.4. The summed E-state index contributed by atoms with van der Waals surface area (Å²) in [4.78, 5) is 10.4. The minimum absolute atomic E-state index is 0.0790. The van der Waals surface area contributed by atoms with Crippen LogP contribution in [-0.4, -0.2) is 10.0 Å². The number of rotatable bonds is 5. The number of nitrogens with zero attached hydrogens (tertiary/aromatic N) is 1. The smallest absolute Gasteiger partial charge is 0.310 e. The van der Waals surface area contributed by atoms with Crippen LogP contribution < -0.4 is 4.74 Å². The van der Waals surface area contributed by atoms with Crippen LogP contribution in [0.1, 0.15) is 16.7 Å². The van der Waals surface area contributed by atoms with E-state index in [1.165, 1.54) is 30.3 Å². The fraction of sp³-hybridized carbons (Fsp3) is 0.200. The van der Waals surface area contributed by atoms with Crippen molar-refractivity contribution in [2.45, 2.75) is 20.1 Å². The lowest BCUT2D eigenvalue weighted by molar-refractivity contribution is -0.386. The zero-order valence-electron chi connectivity index (χ0n) is 11.4. The number of halogens is 1. The molecule has 0 unspecified atom stereocenters. The predicted octanol–water partition coefficient (Wildman–Crippen LogP) is 3.11. The Bertz CT molecular complexity index is 673. The molecule has 0 atom stereocenters. The number of aliphatic hydroxyl groups excluding tert-OH is 1. The Labute approximate surface area is 120 Å². The number of aryl methyl sites for hydroxylation is 1. The van der Waals surface area contributed by atoms with Crippen molar-refractivity contribution < 1.29 is 19.2 Å². The molecule has 21 heavy (non-hydrogen) atoms. The third-order valence-electron chi connectivity index (χ3n) is 3.09. The van der Waals surface area contributed by atoms with Crippen molar-refractivity contribution in [3.05, 3.63) is 69.0 Å². The van der Waals surface area contributed by atoms with E-state index < -0.39 is 4.92 Å². The molecule has 0 bridgehead atoms. The molecule has 0 heterocycles. The summed E-state index contributed by atoms with van der Waals surface area (Å²) < 4.78 is 18.5. The first-order chi connectivity index (χ1) is 10.0. The van der Waals surface area contributed by atoms with Crippen LogP contribution in [0.5, 0.6) is 5.75 Å². The number of hydrogen-bond donors (Lipinski definition) is 1. The van der Waals surface area contributed by atoms with Crippen LogP contribution in [0.2, 0.25) is 0 Å². The van der Waals surface area contributed by atoms with E-state index in [-0.39, 0.29) is 30.5 Å². The van der Waals surface area contributed by atoms with Crippen molar-refractivity contribution >= 4 is 5.69 Å². The number of nitro benzene ring substituents is 1. The Hall–Kier alpha value is -2.47. The van der Waals surface area contributed by atoms with Gasteiger partial charge in [0.05, 0.1) is 11.5 Å². The maximum absolute atomic E-state index is 13.0. The van der Waals surface area contributed by atoms with E-state index in [1.54, 1.807) is 13.0 Å². The summed E-state index contributed by atoms with van der Waals surface area (Å²) >= 11 is 0. The lowest BCUT2D eigenvalue weighted by Gasteiger charge is -2.10. The van der Waals surface area contributed by atoms with Gasteiger partial charge in [-0.2, -0.15) is 0 Å². The highest BCUT2D eigenvalue weighted by Crippen LogP contribution is 2.29.